The van der Waals surface area contributed by atoms with Crippen molar-refractivity contribution < 1.29 is 88.5 Å². The Bertz CT molecular complexity index is 2440. The van der Waals surface area contributed by atoms with Crippen molar-refractivity contribution in [1.82, 2.24) is 15.1 Å². The number of sulfone groups is 2. The van der Waals surface area contributed by atoms with E-state index in [1.165, 1.54) is 33.3 Å². The summed E-state index contributed by atoms with van der Waals surface area (Å²) in [5.74, 6) is -6.44. The van der Waals surface area contributed by atoms with Gasteiger partial charge in [-0.05, 0) is 92.0 Å². The topological polar surface area (TPSA) is 269 Å². The fourth-order valence-electron chi connectivity index (χ4n) is 12.0. The molecule has 0 radical (unpaired) electrons. The van der Waals surface area contributed by atoms with Crippen LogP contribution < -0.4 is 5.32 Å². The van der Waals surface area contributed by atoms with Crippen LogP contribution in [0.25, 0.3) is 0 Å². The van der Waals surface area contributed by atoms with Gasteiger partial charge in [0.25, 0.3) is 0 Å². The number of halogens is 1. The number of cyclic esters (lactones) is 1. The van der Waals surface area contributed by atoms with E-state index in [9.17, 15) is 50.6 Å². The Kier molecular flexibility index (Phi) is 21.4. The summed E-state index contributed by atoms with van der Waals surface area (Å²) in [6.45, 7) is 16.0. The first kappa shape index (κ1) is 64.4. The van der Waals surface area contributed by atoms with E-state index in [0.717, 1.165) is 17.4 Å². The number of esters is 1. The summed E-state index contributed by atoms with van der Waals surface area (Å²) in [7, 11) is -2.69. The number of rotatable bonds is 18. The molecule has 0 spiro atoms. The number of alkyl halides is 1. The second-order valence-corrected chi connectivity index (χ2v) is 26.9. The zero-order valence-electron chi connectivity index (χ0n) is 47.4. The third-order valence-corrected chi connectivity index (χ3v) is 18.4. The molecule has 24 heteroatoms. The zero-order valence-corrected chi connectivity index (χ0v) is 49.1. The lowest BCUT2D eigenvalue weighted by Crippen LogP contribution is -2.62. The van der Waals surface area contributed by atoms with Gasteiger partial charge in [0.15, 0.2) is 37.9 Å². The number of hydrogen-bond donors (Lipinski definition) is 3. The smallest absolute Gasteiger partial charge is 0.411 e. The molecule has 4 aliphatic heterocycles. The van der Waals surface area contributed by atoms with Crippen molar-refractivity contribution in [1.29, 1.82) is 0 Å². The molecule has 4 saturated heterocycles. The molecule has 5 rings (SSSR count). The summed E-state index contributed by atoms with van der Waals surface area (Å²) in [4.78, 5) is 59.8. The van der Waals surface area contributed by atoms with Gasteiger partial charge in [-0.3, -0.25) is 19.3 Å². The number of methoxy groups -OCH3 is 2. The number of hydrogen-bond acceptors (Lipinski definition) is 19. The Balaban J connectivity index is 1.51. The molecule has 4 unspecified atom stereocenters. The summed E-state index contributed by atoms with van der Waals surface area (Å²) >= 11 is 0. The van der Waals surface area contributed by atoms with Gasteiger partial charge in [-0.25, -0.2) is 26.0 Å². The Hall–Kier alpha value is -3.43. The minimum Gasteiger partial charge on any atom is -0.458 e. The second-order valence-electron chi connectivity index (χ2n) is 22.8. The molecule has 3 N–H and O–H groups in total. The number of benzene rings is 1. The average molecular weight is 1140 g/mol. The van der Waals surface area contributed by atoms with Crippen LogP contribution in [0, 0.1) is 23.7 Å². The lowest BCUT2D eigenvalue weighted by atomic mass is 9.73. The number of fused-ring (bicyclic) bond motifs is 1. The van der Waals surface area contributed by atoms with Crippen molar-refractivity contribution in [3.63, 3.8) is 0 Å². The highest BCUT2D eigenvalue weighted by Crippen LogP contribution is 2.45. The molecule has 0 aromatic heterocycles. The number of likely N-dealkylation sites (N-methyl/N-ethyl adjacent to an activating group) is 1. The van der Waals surface area contributed by atoms with Crippen LogP contribution in [0.15, 0.2) is 29.2 Å². The maximum atomic E-state index is 15.0. The summed E-state index contributed by atoms with van der Waals surface area (Å²) in [6, 6.07) is 3.26. The Labute approximate surface area is 454 Å². The van der Waals surface area contributed by atoms with Crippen molar-refractivity contribution in [2.75, 3.05) is 52.9 Å². The summed E-state index contributed by atoms with van der Waals surface area (Å²) in [5.41, 5.74) is -3.70. The number of Topliss-reactive ketones (excluding diaryl/α,β-unsaturated/α-hetero) is 1. The third kappa shape index (κ3) is 14.9. The molecule has 2 amide bonds. The summed E-state index contributed by atoms with van der Waals surface area (Å²) < 4.78 is 115. The maximum absolute atomic E-state index is 15.0. The van der Waals surface area contributed by atoms with Crippen LogP contribution in [-0.4, -0.2) is 204 Å². The van der Waals surface area contributed by atoms with E-state index in [4.69, 9.17) is 37.9 Å². The fourth-order valence-corrected chi connectivity index (χ4v) is 13.4. The van der Waals surface area contributed by atoms with Crippen molar-refractivity contribution in [2.24, 2.45) is 23.7 Å². The molecule has 0 bridgehead atoms. The average Bonchev–Trinajstić information content (AvgIpc) is 3.61. The number of carbonyl (C=O) groups is 4. The van der Waals surface area contributed by atoms with E-state index in [-0.39, 0.29) is 49.3 Å². The van der Waals surface area contributed by atoms with E-state index >= 15 is 0 Å². The SMILES string of the molecule is CC[C@H]1OC(=O)[C@H](C)[C@@H](O[C@H]2CC(C)(OC)[C@@H](O)[C@H](C)O2)[C@H](C)[C@@H](O[C@@H]2O[C@H](C)C[C@H](N(C)CCC(=O)N[C@H](CF)Cc3ccc(S(C)(=O)=O)cc3)[C@H]2O)C(C)(OC)C[C@@H](C)C(=O)[C@H](C)C2N(CS(C)(=O)=O)C(=O)OC21C. The number of amides is 2. The number of aliphatic hydroxyl groups excluding tert-OH is 2. The van der Waals surface area contributed by atoms with Crippen molar-refractivity contribution in [3.8, 4) is 0 Å². The molecule has 0 saturated carbocycles. The Morgan fingerprint density at radius 3 is 2.10 bits per heavy atom. The zero-order chi connectivity index (χ0) is 57.9. The van der Waals surface area contributed by atoms with Crippen molar-refractivity contribution in [2.45, 2.75) is 203 Å². The number of ether oxygens (including phenoxy) is 8. The van der Waals surface area contributed by atoms with Crippen LogP contribution in [0.2, 0.25) is 0 Å². The van der Waals surface area contributed by atoms with Crippen LogP contribution in [0.4, 0.5) is 9.18 Å². The van der Waals surface area contributed by atoms with E-state index in [0.29, 0.717) is 12.0 Å². The highest BCUT2D eigenvalue weighted by atomic mass is 32.2. The minimum absolute atomic E-state index is 0.0173. The number of aliphatic hydroxyl groups is 2. The molecule has 21 nitrogen and oxygen atoms in total. The quantitative estimate of drug-likeness (QED) is 0.177. The van der Waals surface area contributed by atoms with Crippen LogP contribution in [0.5, 0.6) is 0 Å². The van der Waals surface area contributed by atoms with Crippen LogP contribution in [-0.2, 0) is 78.4 Å². The van der Waals surface area contributed by atoms with E-state index in [2.05, 4.69) is 5.32 Å². The number of nitrogens with one attached hydrogen (secondary N) is 1. The highest BCUT2D eigenvalue weighted by Gasteiger charge is 2.61. The first-order valence-corrected chi connectivity index (χ1v) is 30.5. The highest BCUT2D eigenvalue weighted by molar-refractivity contribution is 7.91. The van der Waals surface area contributed by atoms with Gasteiger partial charge in [-0.1, -0.05) is 39.8 Å². The number of ketones is 1. The van der Waals surface area contributed by atoms with Gasteiger partial charge >= 0.3 is 12.1 Å². The molecule has 4 aliphatic rings. The number of carbonyl (C=O) groups excluding carboxylic acids is 4. The van der Waals surface area contributed by atoms with Crippen molar-refractivity contribution >= 4 is 43.4 Å². The van der Waals surface area contributed by atoms with Crippen LogP contribution in [0.3, 0.4) is 0 Å². The second kappa shape index (κ2) is 25.6. The van der Waals surface area contributed by atoms with Gasteiger partial charge in [-0.2, -0.15) is 0 Å². The predicted octanol–water partition coefficient (Wildman–Crippen LogP) is 3.77. The van der Waals surface area contributed by atoms with Crippen LogP contribution in [0.1, 0.15) is 107 Å². The van der Waals surface area contributed by atoms with Gasteiger partial charge in [-0.15, -0.1) is 0 Å². The van der Waals surface area contributed by atoms with Crippen molar-refractivity contribution in [3.05, 3.63) is 29.8 Å². The van der Waals surface area contributed by atoms with Gasteiger partial charge < -0.3 is 58.3 Å². The lowest BCUT2D eigenvalue weighted by molar-refractivity contribution is -0.319. The normalized spacial score (nSPS) is 38.4. The van der Waals surface area contributed by atoms with Gasteiger partial charge in [0.05, 0.1) is 58.5 Å². The first-order valence-electron chi connectivity index (χ1n) is 26.5. The molecule has 1 aromatic rings. The molecule has 19 atom stereocenters. The van der Waals surface area contributed by atoms with E-state index in [1.807, 2.05) is 0 Å². The summed E-state index contributed by atoms with van der Waals surface area (Å²) in [5, 5.41) is 26.2. The largest absolute Gasteiger partial charge is 0.458 e. The standard InChI is InChI=1S/C53H86FN3O18S2/c1-16-39-53(10)45(57(50(63)75-53)28-76(14,64)65)31(4)42(59)29(2)25-52(9,69-13)47(32(5)44(33(6)48(62)72-39)73-41-26-51(8,68-12)46(61)34(7)71-41)74-49-43(60)38(23-30(3)70-49)56(11)22-21-40(58)55-36(27-54)24-35-17-19-37(20-18-35)77(15,66)67/h17-20,29-34,36,38-39,41,43-47,49,60-61H,16,21-28H2,1-15H3,(H,55,58)/t29-,30-,31+,32+,33-,34+,36+,38+,39-,41+,43-,44+,45?,46+,47-,49+,51?,52?,53?/m1/s1. The van der Waals surface area contributed by atoms with E-state index in [1.54, 1.807) is 86.4 Å². The van der Waals surface area contributed by atoms with Gasteiger partial charge in [0.2, 0.25) is 5.91 Å². The summed E-state index contributed by atoms with van der Waals surface area (Å²) in [6.07, 6.45) is -8.32. The molecule has 4 heterocycles. The van der Waals surface area contributed by atoms with Crippen LogP contribution >= 0.6 is 0 Å². The predicted molar refractivity (Wildman–Crippen MR) is 279 cm³/mol. The number of nitrogens with zero attached hydrogens (tertiary/aromatic N) is 2. The molecule has 1 aromatic carbocycles. The Morgan fingerprint density at radius 2 is 1.55 bits per heavy atom. The lowest BCUT2D eigenvalue weighted by Gasteiger charge is -2.50. The molecule has 440 valence electrons. The molecule has 4 fully saturated rings. The Morgan fingerprint density at radius 1 is 0.922 bits per heavy atom. The van der Waals surface area contributed by atoms with Gasteiger partial charge in [0.1, 0.15) is 36.6 Å². The third-order valence-electron chi connectivity index (χ3n) is 16.5. The van der Waals surface area contributed by atoms with E-state index < -0.39 is 164 Å². The molecular formula is C53H86FN3O18S2. The molecule has 77 heavy (non-hydrogen) atoms. The first-order chi connectivity index (χ1) is 35.7. The molecular weight excluding hydrogens is 1050 g/mol. The van der Waals surface area contributed by atoms with Gasteiger partial charge in [0, 0.05) is 69.9 Å². The maximum Gasteiger partial charge on any atom is 0.411 e. The monoisotopic (exact) mass is 1140 g/mol. The minimum atomic E-state index is -3.87. The fraction of sp³-hybridized carbons (Fsp3) is 0.811. The molecule has 0 aliphatic carbocycles.